The largest absolute Gasteiger partial charge is 0.427 e. The van der Waals surface area contributed by atoms with Crippen molar-refractivity contribution in [1.29, 1.82) is 0 Å². The Bertz CT molecular complexity index is 938. The summed E-state index contributed by atoms with van der Waals surface area (Å²) in [4.78, 5) is 23.6. The van der Waals surface area contributed by atoms with Gasteiger partial charge >= 0.3 is 5.97 Å². The first kappa shape index (κ1) is 13.5. The molecule has 1 heterocycles. The Labute approximate surface area is 125 Å². The molecule has 3 nitrogen and oxygen atoms in total. The molecular formula is C17H12O3S. The Morgan fingerprint density at radius 2 is 1.95 bits per heavy atom. The summed E-state index contributed by atoms with van der Waals surface area (Å²) in [6.07, 6.45) is 1.72. The summed E-state index contributed by atoms with van der Waals surface area (Å²) in [5.41, 5.74) is 0.902. The molecule has 21 heavy (non-hydrogen) atoms. The number of esters is 1. The molecule has 0 aliphatic carbocycles. The standard InChI is InChI=1S/C17H12O3S/c1-3-11-4-7-15-14(8-11)17(19)13-6-5-12(20-10(2)18)9-16(13)21-15/h3-9H,1H2,2H3. The normalized spacial score (nSPS) is 10.7. The Morgan fingerprint density at radius 1 is 1.14 bits per heavy atom. The number of carbonyl (C=O) groups excluding carboxylic acids is 1. The first-order valence-corrected chi connectivity index (χ1v) is 7.21. The van der Waals surface area contributed by atoms with Crippen LogP contribution >= 0.6 is 11.3 Å². The average molecular weight is 296 g/mol. The fourth-order valence-electron chi connectivity index (χ4n) is 2.21. The Hall–Kier alpha value is -2.46. The van der Waals surface area contributed by atoms with Crippen LogP contribution < -0.4 is 10.2 Å². The minimum atomic E-state index is -0.377. The molecule has 0 unspecified atom stereocenters. The second-order valence-corrected chi connectivity index (χ2v) is 5.73. The van der Waals surface area contributed by atoms with Gasteiger partial charge in [-0.05, 0) is 35.9 Å². The topological polar surface area (TPSA) is 43.4 Å². The molecule has 0 aliphatic heterocycles. The molecule has 0 saturated heterocycles. The quantitative estimate of drug-likeness (QED) is 0.408. The Morgan fingerprint density at radius 3 is 2.67 bits per heavy atom. The highest BCUT2D eigenvalue weighted by molar-refractivity contribution is 7.24. The highest BCUT2D eigenvalue weighted by Crippen LogP contribution is 2.28. The molecule has 0 N–H and O–H groups in total. The second-order valence-electron chi connectivity index (χ2n) is 4.64. The van der Waals surface area contributed by atoms with E-state index in [1.165, 1.54) is 18.3 Å². The van der Waals surface area contributed by atoms with Gasteiger partial charge in [-0.15, -0.1) is 11.3 Å². The van der Waals surface area contributed by atoms with Crippen molar-refractivity contribution in [2.45, 2.75) is 6.92 Å². The smallest absolute Gasteiger partial charge is 0.308 e. The SMILES string of the molecule is C=Cc1ccc2sc3cc(OC(C)=O)ccc3c(=O)c2c1. The zero-order valence-electron chi connectivity index (χ0n) is 11.4. The van der Waals surface area contributed by atoms with Gasteiger partial charge in [0.2, 0.25) is 0 Å². The second kappa shape index (κ2) is 5.14. The maximum absolute atomic E-state index is 12.6. The van der Waals surface area contributed by atoms with Crippen LogP contribution in [0.5, 0.6) is 5.75 Å². The van der Waals surface area contributed by atoms with E-state index in [-0.39, 0.29) is 11.4 Å². The van der Waals surface area contributed by atoms with Crippen molar-refractivity contribution < 1.29 is 9.53 Å². The van der Waals surface area contributed by atoms with Gasteiger partial charge in [0.15, 0.2) is 5.43 Å². The zero-order chi connectivity index (χ0) is 15.0. The highest BCUT2D eigenvalue weighted by atomic mass is 32.1. The summed E-state index contributed by atoms with van der Waals surface area (Å²) in [7, 11) is 0. The van der Waals surface area contributed by atoms with E-state index < -0.39 is 0 Å². The third-order valence-electron chi connectivity index (χ3n) is 3.16. The number of hydrogen-bond acceptors (Lipinski definition) is 4. The zero-order valence-corrected chi connectivity index (χ0v) is 12.2. The van der Waals surface area contributed by atoms with E-state index in [1.807, 2.05) is 18.2 Å². The lowest BCUT2D eigenvalue weighted by atomic mass is 10.1. The van der Waals surface area contributed by atoms with Crippen LogP contribution in [-0.2, 0) is 4.79 Å². The van der Waals surface area contributed by atoms with Gasteiger partial charge in [-0.1, -0.05) is 18.7 Å². The van der Waals surface area contributed by atoms with Crippen molar-refractivity contribution in [1.82, 2.24) is 0 Å². The van der Waals surface area contributed by atoms with E-state index in [0.717, 1.165) is 15.0 Å². The van der Waals surface area contributed by atoms with Crippen molar-refractivity contribution in [3.05, 3.63) is 58.8 Å². The molecular weight excluding hydrogens is 284 g/mol. The molecule has 1 aromatic heterocycles. The monoisotopic (exact) mass is 296 g/mol. The van der Waals surface area contributed by atoms with Crippen LogP contribution in [0.15, 0.2) is 47.8 Å². The lowest BCUT2D eigenvalue weighted by Gasteiger charge is -2.05. The molecule has 3 aromatic rings. The molecule has 0 amide bonds. The van der Waals surface area contributed by atoms with E-state index in [4.69, 9.17) is 4.74 Å². The fourth-order valence-corrected chi connectivity index (χ4v) is 3.29. The van der Waals surface area contributed by atoms with Gasteiger partial charge in [-0.3, -0.25) is 9.59 Å². The van der Waals surface area contributed by atoms with Crippen LogP contribution in [0.1, 0.15) is 12.5 Å². The summed E-state index contributed by atoms with van der Waals surface area (Å²) in [6.45, 7) is 5.07. The van der Waals surface area contributed by atoms with Crippen molar-refractivity contribution in [2.24, 2.45) is 0 Å². The molecule has 0 atom stereocenters. The first-order chi connectivity index (χ1) is 10.1. The number of rotatable bonds is 2. The molecule has 3 rings (SSSR count). The minimum absolute atomic E-state index is 0.0168. The first-order valence-electron chi connectivity index (χ1n) is 6.40. The predicted octanol–water partition coefficient (Wildman–Crippen LogP) is 3.98. The van der Waals surface area contributed by atoms with E-state index in [0.29, 0.717) is 16.5 Å². The molecule has 2 aromatic carbocycles. The minimum Gasteiger partial charge on any atom is -0.427 e. The molecule has 104 valence electrons. The molecule has 0 radical (unpaired) electrons. The van der Waals surface area contributed by atoms with Gasteiger partial charge in [0, 0.05) is 27.1 Å². The molecule has 0 saturated carbocycles. The van der Waals surface area contributed by atoms with E-state index in [2.05, 4.69) is 6.58 Å². The highest BCUT2D eigenvalue weighted by Gasteiger charge is 2.08. The summed E-state index contributed by atoms with van der Waals surface area (Å²) in [5.74, 6) is 0.0748. The lowest BCUT2D eigenvalue weighted by Crippen LogP contribution is -2.03. The number of benzene rings is 2. The van der Waals surface area contributed by atoms with E-state index in [9.17, 15) is 9.59 Å². The summed E-state index contributed by atoms with van der Waals surface area (Å²) in [6, 6.07) is 10.8. The van der Waals surface area contributed by atoms with Crippen molar-refractivity contribution in [2.75, 3.05) is 0 Å². The van der Waals surface area contributed by atoms with Gasteiger partial charge in [-0.25, -0.2) is 0 Å². The van der Waals surface area contributed by atoms with Gasteiger partial charge in [0.1, 0.15) is 5.75 Å². The number of ether oxygens (including phenoxy) is 1. The van der Waals surface area contributed by atoms with Gasteiger partial charge in [-0.2, -0.15) is 0 Å². The fraction of sp³-hybridized carbons (Fsp3) is 0.0588. The number of fused-ring (bicyclic) bond motifs is 2. The predicted molar refractivity (Wildman–Crippen MR) is 87.0 cm³/mol. The molecule has 0 spiro atoms. The van der Waals surface area contributed by atoms with E-state index >= 15 is 0 Å². The van der Waals surface area contributed by atoms with Crippen LogP contribution in [0.3, 0.4) is 0 Å². The van der Waals surface area contributed by atoms with Crippen LogP contribution in [0.4, 0.5) is 0 Å². The van der Waals surface area contributed by atoms with Crippen molar-refractivity contribution >= 4 is 43.6 Å². The summed E-state index contributed by atoms with van der Waals surface area (Å²) < 4.78 is 6.77. The molecule has 4 heteroatoms. The van der Waals surface area contributed by atoms with Crippen LogP contribution in [0, 0.1) is 0 Å². The third-order valence-corrected chi connectivity index (χ3v) is 4.30. The molecule has 0 aliphatic rings. The third kappa shape index (κ3) is 2.45. The molecule has 0 bridgehead atoms. The van der Waals surface area contributed by atoms with Crippen LogP contribution in [0.25, 0.3) is 26.2 Å². The average Bonchev–Trinajstić information content (AvgIpc) is 2.46. The van der Waals surface area contributed by atoms with Gasteiger partial charge in [0.05, 0.1) is 0 Å². The summed E-state index contributed by atoms with van der Waals surface area (Å²) in [5, 5.41) is 1.31. The maximum atomic E-state index is 12.6. The van der Waals surface area contributed by atoms with Crippen LogP contribution in [-0.4, -0.2) is 5.97 Å². The summed E-state index contributed by atoms with van der Waals surface area (Å²) >= 11 is 1.50. The van der Waals surface area contributed by atoms with Gasteiger partial charge < -0.3 is 4.74 Å². The Balaban J connectivity index is 2.30. The Kier molecular flexibility index (Phi) is 3.31. The number of hydrogen-bond donors (Lipinski definition) is 0. The van der Waals surface area contributed by atoms with Crippen molar-refractivity contribution in [3.63, 3.8) is 0 Å². The van der Waals surface area contributed by atoms with Crippen LogP contribution in [0.2, 0.25) is 0 Å². The maximum Gasteiger partial charge on any atom is 0.308 e. The van der Waals surface area contributed by atoms with Crippen molar-refractivity contribution in [3.8, 4) is 5.75 Å². The molecule has 0 fully saturated rings. The van der Waals surface area contributed by atoms with Gasteiger partial charge in [0.25, 0.3) is 0 Å². The number of carbonyl (C=O) groups is 1. The van der Waals surface area contributed by atoms with E-state index in [1.54, 1.807) is 24.3 Å². The lowest BCUT2D eigenvalue weighted by molar-refractivity contribution is -0.131.